The number of hydrogen-bond donors (Lipinski definition) is 1. The zero-order valence-electron chi connectivity index (χ0n) is 11.0. The average molecular weight is 282 g/mol. The van der Waals surface area contributed by atoms with E-state index in [1.165, 1.54) is 7.11 Å². The highest BCUT2D eigenvalue weighted by molar-refractivity contribution is 6.32. The summed E-state index contributed by atoms with van der Waals surface area (Å²) in [6, 6.07) is 1.68. The number of benzene rings is 1. The molecule has 102 valence electrons. The lowest BCUT2D eigenvalue weighted by Crippen LogP contribution is -2.20. The van der Waals surface area contributed by atoms with Crippen molar-refractivity contribution in [2.45, 2.75) is 38.1 Å². The first-order valence-electron chi connectivity index (χ1n) is 6.21. The van der Waals surface area contributed by atoms with Crippen LogP contribution in [0.3, 0.4) is 0 Å². The summed E-state index contributed by atoms with van der Waals surface area (Å²) in [5.74, 6) is 0.322. The van der Waals surface area contributed by atoms with Crippen molar-refractivity contribution in [1.29, 1.82) is 0 Å². The fourth-order valence-corrected chi connectivity index (χ4v) is 3.12. The van der Waals surface area contributed by atoms with Crippen molar-refractivity contribution >= 4 is 17.7 Å². The number of isocyanates is 1. The van der Waals surface area contributed by atoms with Crippen molar-refractivity contribution in [3.8, 4) is 11.5 Å². The molecule has 4 nitrogen and oxygen atoms in total. The highest BCUT2D eigenvalue weighted by atomic mass is 35.5. The van der Waals surface area contributed by atoms with Gasteiger partial charge in [0, 0.05) is 5.56 Å². The highest BCUT2D eigenvalue weighted by Gasteiger charge is 2.41. The second-order valence-electron chi connectivity index (χ2n) is 4.88. The maximum atomic E-state index is 10.8. The van der Waals surface area contributed by atoms with Crippen molar-refractivity contribution in [1.82, 2.24) is 0 Å². The summed E-state index contributed by atoms with van der Waals surface area (Å²) in [6.45, 7) is 1.83. The molecule has 1 fully saturated rings. The minimum absolute atomic E-state index is 0.0287. The van der Waals surface area contributed by atoms with Crippen molar-refractivity contribution in [3.63, 3.8) is 0 Å². The lowest BCUT2D eigenvalue weighted by molar-refractivity contribution is 0.355. The van der Waals surface area contributed by atoms with Gasteiger partial charge in [0.2, 0.25) is 6.08 Å². The Morgan fingerprint density at radius 3 is 2.63 bits per heavy atom. The van der Waals surface area contributed by atoms with Gasteiger partial charge in [0.15, 0.2) is 11.5 Å². The van der Waals surface area contributed by atoms with E-state index in [0.29, 0.717) is 29.2 Å². The van der Waals surface area contributed by atoms with E-state index in [9.17, 15) is 9.90 Å². The smallest absolute Gasteiger partial charge is 0.235 e. The van der Waals surface area contributed by atoms with E-state index in [4.69, 9.17) is 16.3 Å². The van der Waals surface area contributed by atoms with Crippen LogP contribution in [-0.4, -0.2) is 18.3 Å². The van der Waals surface area contributed by atoms with E-state index in [-0.39, 0.29) is 5.75 Å². The van der Waals surface area contributed by atoms with Crippen LogP contribution >= 0.6 is 11.6 Å². The standard InChI is InChI=1S/C14H16ClNO3/c1-9-7-10(19-2)13(18)11(12(9)15)14(16-8-17)5-3-4-6-14/h7,18H,3-6H2,1-2H3. The molecule has 0 radical (unpaired) electrons. The lowest BCUT2D eigenvalue weighted by atomic mass is 9.86. The number of nitrogens with zero attached hydrogens (tertiary/aromatic N) is 1. The summed E-state index contributed by atoms with van der Waals surface area (Å²) >= 11 is 6.33. The normalized spacial score (nSPS) is 17.0. The Morgan fingerprint density at radius 2 is 2.11 bits per heavy atom. The second-order valence-corrected chi connectivity index (χ2v) is 5.25. The fourth-order valence-electron chi connectivity index (χ4n) is 2.80. The zero-order chi connectivity index (χ0) is 14.0. The van der Waals surface area contributed by atoms with Gasteiger partial charge in [-0.1, -0.05) is 24.4 Å². The third kappa shape index (κ3) is 2.22. The fraction of sp³-hybridized carbons (Fsp3) is 0.500. The monoisotopic (exact) mass is 281 g/mol. The summed E-state index contributed by atoms with van der Waals surface area (Å²) in [6.07, 6.45) is 4.87. The van der Waals surface area contributed by atoms with Crippen molar-refractivity contribution < 1.29 is 14.6 Å². The average Bonchev–Trinajstić information content (AvgIpc) is 2.84. The SMILES string of the molecule is COc1cc(C)c(Cl)c(C2(N=C=O)CCCC2)c1O. The molecule has 0 amide bonds. The molecule has 0 aromatic heterocycles. The van der Waals surface area contributed by atoms with Crippen LogP contribution < -0.4 is 4.74 Å². The van der Waals surface area contributed by atoms with Gasteiger partial charge < -0.3 is 9.84 Å². The molecule has 1 aliphatic rings. The second kappa shape index (κ2) is 5.24. The first kappa shape index (κ1) is 13.9. The van der Waals surface area contributed by atoms with E-state index in [0.717, 1.165) is 18.4 Å². The quantitative estimate of drug-likeness (QED) is 0.682. The van der Waals surface area contributed by atoms with Crippen LogP contribution in [0, 0.1) is 6.92 Å². The van der Waals surface area contributed by atoms with Crippen LogP contribution in [0.1, 0.15) is 36.8 Å². The molecular formula is C14H16ClNO3. The molecule has 5 heteroatoms. The Hall–Kier alpha value is -1.51. The number of rotatable bonds is 3. The van der Waals surface area contributed by atoms with Crippen LogP contribution in [-0.2, 0) is 10.3 Å². The molecule has 1 saturated carbocycles. The number of carbonyl (C=O) groups excluding carboxylic acids is 1. The van der Waals surface area contributed by atoms with Crippen LogP contribution in [0.25, 0.3) is 0 Å². The Labute approximate surface area is 117 Å². The number of hydrogen-bond acceptors (Lipinski definition) is 4. The predicted molar refractivity (Wildman–Crippen MR) is 72.7 cm³/mol. The Morgan fingerprint density at radius 1 is 1.47 bits per heavy atom. The number of halogens is 1. The first-order chi connectivity index (χ1) is 9.05. The summed E-state index contributed by atoms with van der Waals surface area (Å²) in [5.41, 5.74) is 0.521. The van der Waals surface area contributed by atoms with E-state index in [1.807, 2.05) is 6.92 Å². The van der Waals surface area contributed by atoms with Crippen LogP contribution in [0.15, 0.2) is 11.1 Å². The molecule has 0 heterocycles. The van der Waals surface area contributed by atoms with Crippen LogP contribution in [0.4, 0.5) is 0 Å². The van der Waals surface area contributed by atoms with Crippen LogP contribution in [0.2, 0.25) is 5.02 Å². The number of methoxy groups -OCH3 is 1. The number of ether oxygens (including phenoxy) is 1. The molecule has 1 aliphatic carbocycles. The van der Waals surface area contributed by atoms with Crippen LogP contribution in [0.5, 0.6) is 11.5 Å². The van der Waals surface area contributed by atoms with Crippen molar-refractivity contribution in [2.75, 3.05) is 7.11 Å². The molecule has 0 saturated heterocycles. The number of aliphatic imine (C=N–C) groups is 1. The molecule has 0 aliphatic heterocycles. The van der Waals surface area contributed by atoms with Gasteiger partial charge in [-0.2, -0.15) is 4.99 Å². The van der Waals surface area contributed by atoms with E-state index in [2.05, 4.69) is 4.99 Å². The summed E-state index contributed by atoms with van der Waals surface area (Å²) < 4.78 is 5.16. The number of phenolic OH excluding ortho intramolecular Hbond substituents is 1. The molecule has 1 aromatic rings. The van der Waals surface area contributed by atoms with E-state index >= 15 is 0 Å². The molecular weight excluding hydrogens is 266 g/mol. The molecule has 19 heavy (non-hydrogen) atoms. The molecule has 0 spiro atoms. The van der Waals surface area contributed by atoms with E-state index < -0.39 is 5.54 Å². The lowest BCUT2D eigenvalue weighted by Gasteiger charge is -2.26. The summed E-state index contributed by atoms with van der Waals surface area (Å²) in [5, 5.41) is 10.8. The minimum atomic E-state index is -0.762. The number of phenols is 1. The molecule has 0 bridgehead atoms. The van der Waals surface area contributed by atoms with Gasteiger partial charge in [-0.05, 0) is 31.4 Å². The molecule has 1 N–H and O–H groups in total. The first-order valence-corrected chi connectivity index (χ1v) is 6.59. The summed E-state index contributed by atoms with van der Waals surface area (Å²) in [4.78, 5) is 14.7. The molecule has 0 unspecified atom stereocenters. The van der Waals surface area contributed by atoms with Gasteiger partial charge in [0.05, 0.1) is 12.1 Å². The molecule has 0 atom stereocenters. The Balaban J connectivity index is 2.72. The molecule has 1 aromatic carbocycles. The van der Waals surface area contributed by atoms with Crippen molar-refractivity contribution in [2.24, 2.45) is 4.99 Å². The largest absolute Gasteiger partial charge is 0.504 e. The summed E-state index contributed by atoms with van der Waals surface area (Å²) in [7, 11) is 1.48. The predicted octanol–water partition coefficient (Wildman–Crippen LogP) is 3.47. The van der Waals surface area contributed by atoms with E-state index in [1.54, 1.807) is 12.1 Å². The van der Waals surface area contributed by atoms with Gasteiger partial charge in [0.1, 0.15) is 5.54 Å². The third-order valence-electron chi connectivity index (χ3n) is 3.76. The van der Waals surface area contributed by atoms with Gasteiger partial charge in [-0.3, -0.25) is 0 Å². The van der Waals surface area contributed by atoms with Crippen molar-refractivity contribution in [3.05, 3.63) is 22.2 Å². The molecule has 2 rings (SSSR count). The van der Waals surface area contributed by atoms with Gasteiger partial charge in [0.25, 0.3) is 0 Å². The Kier molecular flexibility index (Phi) is 3.83. The number of aryl methyl sites for hydroxylation is 1. The maximum absolute atomic E-state index is 10.8. The highest BCUT2D eigenvalue weighted by Crippen LogP contribution is 2.51. The zero-order valence-corrected chi connectivity index (χ0v) is 11.8. The number of aromatic hydroxyl groups is 1. The third-order valence-corrected chi connectivity index (χ3v) is 4.25. The van der Waals surface area contributed by atoms with Gasteiger partial charge in [-0.25, -0.2) is 4.79 Å². The minimum Gasteiger partial charge on any atom is -0.504 e. The topological polar surface area (TPSA) is 58.9 Å². The van der Waals surface area contributed by atoms with Gasteiger partial charge >= 0.3 is 0 Å². The maximum Gasteiger partial charge on any atom is 0.235 e. The Bertz CT molecular complexity index is 544. The van der Waals surface area contributed by atoms with Gasteiger partial charge in [-0.15, -0.1) is 0 Å².